The van der Waals surface area contributed by atoms with E-state index in [-0.39, 0.29) is 30.2 Å². The minimum absolute atomic E-state index is 0.00686. The van der Waals surface area contributed by atoms with Crippen LogP contribution in [0.1, 0.15) is 23.4 Å². The van der Waals surface area contributed by atoms with Crippen LogP contribution in [-0.2, 0) is 9.59 Å². The van der Waals surface area contributed by atoms with Gasteiger partial charge in [0.15, 0.2) is 5.76 Å². The zero-order valence-corrected chi connectivity index (χ0v) is 17.4. The number of hydrogen-bond donors (Lipinski definition) is 1. The molecule has 0 spiro atoms. The molecule has 8 heteroatoms. The maximum absolute atomic E-state index is 12.7. The SMILES string of the molecule is CSc1ccccc1NC(=O)CN(C)C(=O)C1CCN(C(=O)c2ccco2)CC1. The molecule has 29 heavy (non-hydrogen) atoms. The van der Waals surface area contributed by atoms with E-state index in [2.05, 4.69) is 5.32 Å². The van der Waals surface area contributed by atoms with E-state index >= 15 is 0 Å². The van der Waals surface area contributed by atoms with Gasteiger partial charge in [-0.3, -0.25) is 14.4 Å². The van der Waals surface area contributed by atoms with Crippen LogP contribution in [0.15, 0.2) is 52.0 Å². The van der Waals surface area contributed by atoms with Crippen LogP contribution in [0.2, 0.25) is 0 Å². The molecule has 0 saturated carbocycles. The number of anilines is 1. The van der Waals surface area contributed by atoms with Crippen LogP contribution >= 0.6 is 11.8 Å². The van der Waals surface area contributed by atoms with Gasteiger partial charge < -0.3 is 19.5 Å². The molecule has 0 bridgehead atoms. The summed E-state index contributed by atoms with van der Waals surface area (Å²) in [6.07, 6.45) is 4.57. The molecule has 0 radical (unpaired) electrons. The molecule has 0 unspecified atom stereocenters. The van der Waals surface area contributed by atoms with Crippen LogP contribution < -0.4 is 5.32 Å². The summed E-state index contributed by atoms with van der Waals surface area (Å²) >= 11 is 1.55. The van der Waals surface area contributed by atoms with Crippen molar-refractivity contribution in [1.29, 1.82) is 0 Å². The van der Waals surface area contributed by atoms with Gasteiger partial charge in [0.2, 0.25) is 11.8 Å². The van der Waals surface area contributed by atoms with E-state index in [1.165, 1.54) is 11.2 Å². The standard InChI is InChI=1S/C21H25N3O4S/c1-23(14-19(25)22-16-6-3-4-8-18(16)29-2)20(26)15-9-11-24(12-10-15)21(27)17-7-5-13-28-17/h3-8,13,15H,9-12,14H2,1-2H3,(H,22,25). The van der Waals surface area contributed by atoms with Crippen molar-refractivity contribution in [2.45, 2.75) is 17.7 Å². The quantitative estimate of drug-likeness (QED) is 0.734. The molecule has 3 amide bonds. The van der Waals surface area contributed by atoms with Gasteiger partial charge in [-0.15, -0.1) is 11.8 Å². The fraction of sp³-hybridized carbons (Fsp3) is 0.381. The predicted octanol–water partition coefficient (Wildman–Crippen LogP) is 2.95. The van der Waals surface area contributed by atoms with Crippen LogP contribution in [0.5, 0.6) is 0 Å². The van der Waals surface area contributed by atoms with Gasteiger partial charge in [-0.2, -0.15) is 0 Å². The van der Waals surface area contributed by atoms with E-state index < -0.39 is 0 Å². The summed E-state index contributed by atoms with van der Waals surface area (Å²) in [7, 11) is 1.64. The van der Waals surface area contributed by atoms with Crippen molar-refractivity contribution in [2.24, 2.45) is 5.92 Å². The normalized spacial score (nSPS) is 14.5. The first-order valence-corrected chi connectivity index (χ1v) is 10.7. The van der Waals surface area contributed by atoms with Crippen molar-refractivity contribution < 1.29 is 18.8 Å². The topological polar surface area (TPSA) is 82.9 Å². The fourth-order valence-corrected chi connectivity index (χ4v) is 3.98. The molecule has 1 aromatic carbocycles. The summed E-state index contributed by atoms with van der Waals surface area (Å²) < 4.78 is 5.16. The summed E-state index contributed by atoms with van der Waals surface area (Å²) in [4.78, 5) is 41.6. The third-order valence-electron chi connectivity index (χ3n) is 5.00. The number of piperidine rings is 1. The Labute approximate surface area is 174 Å². The maximum atomic E-state index is 12.7. The number of furan rings is 1. The number of likely N-dealkylation sites (tertiary alicyclic amines) is 1. The molecule has 3 rings (SSSR count). The van der Waals surface area contributed by atoms with Gasteiger partial charge in [0.05, 0.1) is 18.5 Å². The number of hydrogen-bond acceptors (Lipinski definition) is 5. The summed E-state index contributed by atoms with van der Waals surface area (Å²) in [6.45, 7) is 0.987. The Bertz CT molecular complexity index is 861. The first-order chi connectivity index (χ1) is 14.0. The van der Waals surface area contributed by atoms with Gasteiger partial charge in [-0.25, -0.2) is 0 Å². The average molecular weight is 416 g/mol. The highest BCUT2D eigenvalue weighted by molar-refractivity contribution is 7.98. The number of thioether (sulfide) groups is 1. The summed E-state index contributed by atoms with van der Waals surface area (Å²) in [5.74, 6) is -0.321. The number of nitrogens with one attached hydrogen (secondary N) is 1. The summed E-state index contributed by atoms with van der Waals surface area (Å²) in [6, 6.07) is 10.9. The maximum Gasteiger partial charge on any atom is 0.289 e. The Morgan fingerprint density at radius 3 is 2.55 bits per heavy atom. The Morgan fingerprint density at radius 2 is 1.90 bits per heavy atom. The van der Waals surface area contributed by atoms with Gasteiger partial charge in [0, 0.05) is 31.0 Å². The Balaban J connectivity index is 1.49. The van der Waals surface area contributed by atoms with Gasteiger partial charge in [-0.05, 0) is 43.4 Å². The zero-order valence-electron chi connectivity index (χ0n) is 16.6. The second kappa shape index (κ2) is 9.65. The van der Waals surface area contributed by atoms with E-state index in [4.69, 9.17) is 4.42 Å². The van der Waals surface area contributed by atoms with Crippen LogP contribution in [-0.4, -0.2) is 60.5 Å². The number of carbonyl (C=O) groups is 3. The van der Waals surface area contributed by atoms with Crippen molar-refractivity contribution in [2.75, 3.05) is 38.3 Å². The Kier molecular flexibility index (Phi) is 6.98. The largest absolute Gasteiger partial charge is 0.459 e. The molecule has 1 N–H and O–H groups in total. The molecular weight excluding hydrogens is 390 g/mol. The third kappa shape index (κ3) is 5.20. The van der Waals surface area contributed by atoms with Gasteiger partial charge in [0.1, 0.15) is 0 Å². The van der Waals surface area contributed by atoms with Crippen LogP contribution in [0.3, 0.4) is 0 Å². The highest BCUT2D eigenvalue weighted by atomic mass is 32.2. The minimum atomic E-state index is -0.229. The lowest BCUT2D eigenvalue weighted by Gasteiger charge is -2.32. The average Bonchev–Trinajstić information content (AvgIpc) is 3.28. The number of benzene rings is 1. The smallest absolute Gasteiger partial charge is 0.289 e. The number of amides is 3. The highest BCUT2D eigenvalue weighted by Gasteiger charge is 2.30. The predicted molar refractivity (Wildman–Crippen MR) is 112 cm³/mol. The number of para-hydroxylation sites is 1. The number of likely N-dealkylation sites (N-methyl/N-ethyl adjacent to an activating group) is 1. The third-order valence-corrected chi connectivity index (χ3v) is 5.80. The lowest BCUT2D eigenvalue weighted by atomic mass is 9.95. The molecule has 2 aromatic rings. The van der Waals surface area contributed by atoms with Crippen LogP contribution in [0.25, 0.3) is 0 Å². The van der Waals surface area contributed by atoms with Gasteiger partial charge >= 0.3 is 0 Å². The minimum Gasteiger partial charge on any atom is -0.459 e. The highest BCUT2D eigenvalue weighted by Crippen LogP contribution is 2.25. The van der Waals surface area contributed by atoms with Gasteiger partial charge in [0.25, 0.3) is 5.91 Å². The molecular formula is C21H25N3O4S. The van der Waals surface area contributed by atoms with E-state index in [0.717, 1.165) is 10.6 Å². The van der Waals surface area contributed by atoms with E-state index in [0.29, 0.717) is 31.7 Å². The van der Waals surface area contributed by atoms with Crippen LogP contribution in [0, 0.1) is 5.92 Å². The van der Waals surface area contributed by atoms with Crippen LogP contribution in [0.4, 0.5) is 5.69 Å². The Morgan fingerprint density at radius 1 is 1.17 bits per heavy atom. The number of rotatable bonds is 6. The van der Waals surface area contributed by atoms with Gasteiger partial charge in [-0.1, -0.05) is 12.1 Å². The molecule has 1 aromatic heterocycles. The molecule has 154 valence electrons. The van der Waals surface area contributed by atoms with Crippen molar-refractivity contribution in [3.63, 3.8) is 0 Å². The second-order valence-electron chi connectivity index (χ2n) is 6.99. The molecule has 1 saturated heterocycles. The molecule has 7 nitrogen and oxygen atoms in total. The lowest BCUT2D eigenvalue weighted by molar-refractivity contribution is -0.138. The molecule has 0 aliphatic carbocycles. The number of carbonyl (C=O) groups excluding carboxylic acids is 3. The molecule has 2 heterocycles. The lowest BCUT2D eigenvalue weighted by Crippen LogP contribution is -2.45. The summed E-state index contributed by atoms with van der Waals surface area (Å²) in [5.41, 5.74) is 0.746. The molecule has 0 atom stereocenters. The van der Waals surface area contributed by atoms with E-state index in [1.807, 2.05) is 30.5 Å². The van der Waals surface area contributed by atoms with Crippen molar-refractivity contribution in [3.8, 4) is 0 Å². The van der Waals surface area contributed by atoms with E-state index in [9.17, 15) is 14.4 Å². The van der Waals surface area contributed by atoms with Crippen molar-refractivity contribution in [3.05, 3.63) is 48.4 Å². The Hall–Kier alpha value is -2.74. The second-order valence-corrected chi connectivity index (χ2v) is 7.83. The van der Waals surface area contributed by atoms with Crippen molar-refractivity contribution in [1.82, 2.24) is 9.80 Å². The van der Waals surface area contributed by atoms with E-state index in [1.54, 1.807) is 35.8 Å². The molecule has 1 fully saturated rings. The molecule has 1 aliphatic rings. The fourth-order valence-electron chi connectivity index (χ4n) is 3.43. The first kappa shape index (κ1) is 21.0. The summed E-state index contributed by atoms with van der Waals surface area (Å²) in [5, 5.41) is 2.87. The number of nitrogens with zero attached hydrogens (tertiary/aromatic N) is 2. The van der Waals surface area contributed by atoms with Crippen molar-refractivity contribution >= 4 is 35.2 Å². The molecule has 1 aliphatic heterocycles. The zero-order chi connectivity index (χ0) is 20.8. The first-order valence-electron chi connectivity index (χ1n) is 9.50. The monoisotopic (exact) mass is 415 g/mol.